The number of aryl methyl sites for hydroxylation is 1. The van der Waals surface area contributed by atoms with Gasteiger partial charge in [0.25, 0.3) is 0 Å². The molecule has 0 radical (unpaired) electrons. The number of nitriles is 1. The van der Waals surface area contributed by atoms with E-state index in [0.717, 1.165) is 33.0 Å². The zero-order valence-electron chi connectivity index (χ0n) is 18.8. The molecule has 8 heteroatoms. The second kappa shape index (κ2) is 11.7. The summed E-state index contributed by atoms with van der Waals surface area (Å²) in [7, 11) is 0. The van der Waals surface area contributed by atoms with Gasteiger partial charge in [0.2, 0.25) is 5.91 Å². The molecule has 1 unspecified atom stereocenters. The van der Waals surface area contributed by atoms with Crippen LogP contribution in [0.25, 0.3) is 23.1 Å². The van der Waals surface area contributed by atoms with E-state index in [1.165, 1.54) is 12.3 Å². The number of nitrogens with zero attached hydrogens (tertiary/aromatic N) is 3. The molecule has 0 bridgehead atoms. The number of allylic oxidation sites excluding steroid dienone is 2. The van der Waals surface area contributed by atoms with Gasteiger partial charge in [0, 0.05) is 27.9 Å². The van der Waals surface area contributed by atoms with E-state index in [9.17, 15) is 4.79 Å². The first-order chi connectivity index (χ1) is 16.4. The van der Waals surface area contributed by atoms with Crippen LogP contribution in [0.5, 0.6) is 0 Å². The van der Waals surface area contributed by atoms with Crippen molar-refractivity contribution in [3.63, 3.8) is 0 Å². The van der Waals surface area contributed by atoms with Crippen LogP contribution in [-0.2, 0) is 11.3 Å². The fraction of sp³-hybridized carbons (Fsp3) is 0.192. The number of pyridine rings is 1. The number of carbonyl (C=O) groups excluding carboxylic acids is 1. The van der Waals surface area contributed by atoms with Crippen molar-refractivity contribution < 1.29 is 4.79 Å². The van der Waals surface area contributed by atoms with Crippen molar-refractivity contribution in [1.82, 2.24) is 20.5 Å². The van der Waals surface area contributed by atoms with Crippen molar-refractivity contribution in [1.29, 1.82) is 10.7 Å². The van der Waals surface area contributed by atoms with Crippen molar-refractivity contribution >= 4 is 46.8 Å². The van der Waals surface area contributed by atoms with Crippen molar-refractivity contribution in [2.75, 3.05) is 0 Å². The normalized spacial score (nSPS) is 13.2. The topological polar surface area (TPSA) is 118 Å². The summed E-state index contributed by atoms with van der Waals surface area (Å²) in [6.07, 6.45) is 10.7. The molecule has 0 aliphatic rings. The lowest BCUT2D eigenvalue weighted by atomic mass is 10.0. The fourth-order valence-corrected chi connectivity index (χ4v) is 3.61. The SMILES string of the molecule is C=C(/C=c1/cc(C)cn/c1=C\C#N)C/C=C/C(CC=N)C(=O)NCc1[nH]nc2ccc(Cl)cc12. The van der Waals surface area contributed by atoms with E-state index in [1.807, 2.05) is 43.3 Å². The predicted molar refractivity (Wildman–Crippen MR) is 136 cm³/mol. The summed E-state index contributed by atoms with van der Waals surface area (Å²) >= 11 is 6.08. The lowest BCUT2D eigenvalue weighted by Crippen LogP contribution is -2.29. The number of halogens is 1. The molecule has 3 rings (SSSR count). The summed E-state index contributed by atoms with van der Waals surface area (Å²) in [5.74, 6) is -0.667. The molecule has 2 heterocycles. The standard InChI is InChI=1S/C26H25ClN6O/c1-17(12-20-13-18(2)15-30-23(20)9-11-29)4-3-5-19(8-10-28)26(34)31-16-25-22-14-21(27)6-7-24(22)32-33-25/h3,5-7,9-10,12-15,19,28H,1,4,8,16H2,2H3,(H,31,34)(H,32,33)/b5-3+,20-12-,23-9-,28-10?. The smallest absolute Gasteiger partial charge is 0.227 e. The highest BCUT2D eigenvalue weighted by molar-refractivity contribution is 6.31. The van der Waals surface area contributed by atoms with Crippen LogP contribution in [0.1, 0.15) is 24.1 Å². The molecule has 1 atom stereocenters. The summed E-state index contributed by atoms with van der Waals surface area (Å²) < 4.78 is 0. The number of nitrogens with one attached hydrogen (secondary N) is 3. The lowest BCUT2D eigenvalue weighted by molar-refractivity contribution is -0.123. The molecule has 0 spiro atoms. The minimum absolute atomic E-state index is 0.187. The number of hydrogen-bond acceptors (Lipinski definition) is 5. The quantitative estimate of drug-likeness (QED) is 0.326. The minimum Gasteiger partial charge on any atom is -0.350 e. The molecule has 0 fully saturated rings. The molecule has 0 aliphatic carbocycles. The van der Waals surface area contributed by atoms with E-state index in [2.05, 4.69) is 27.1 Å². The van der Waals surface area contributed by atoms with Crippen molar-refractivity contribution in [3.05, 3.63) is 81.6 Å². The number of H-pyrrole nitrogens is 1. The number of aromatic amines is 1. The summed E-state index contributed by atoms with van der Waals surface area (Å²) in [5.41, 5.74) is 3.34. The summed E-state index contributed by atoms with van der Waals surface area (Å²) in [6.45, 7) is 6.29. The second-order valence-electron chi connectivity index (χ2n) is 7.82. The lowest BCUT2D eigenvalue weighted by Gasteiger charge is -2.11. The van der Waals surface area contributed by atoms with E-state index in [0.29, 0.717) is 16.8 Å². The highest BCUT2D eigenvalue weighted by Gasteiger charge is 2.15. The molecule has 7 nitrogen and oxygen atoms in total. The average Bonchev–Trinajstić information content (AvgIpc) is 3.20. The van der Waals surface area contributed by atoms with Gasteiger partial charge < -0.3 is 10.7 Å². The largest absolute Gasteiger partial charge is 0.350 e. The van der Waals surface area contributed by atoms with Gasteiger partial charge in [0.15, 0.2) is 0 Å². The fourth-order valence-electron chi connectivity index (χ4n) is 3.44. The van der Waals surface area contributed by atoms with Gasteiger partial charge in [-0.3, -0.25) is 14.9 Å². The van der Waals surface area contributed by atoms with Crippen molar-refractivity contribution in [2.45, 2.75) is 26.3 Å². The Hall–Kier alpha value is -4.02. The van der Waals surface area contributed by atoms with E-state index < -0.39 is 5.92 Å². The highest BCUT2D eigenvalue weighted by atomic mass is 35.5. The van der Waals surface area contributed by atoms with E-state index in [-0.39, 0.29) is 18.9 Å². The van der Waals surface area contributed by atoms with Gasteiger partial charge in [-0.25, -0.2) is 0 Å². The summed E-state index contributed by atoms with van der Waals surface area (Å²) in [6, 6.07) is 9.34. The number of amides is 1. The van der Waals surface area contributed by atoms with Gasteiger partial charge >= 0.3 is 0 Å². The molecule has 34 heavy (non-hydrogen) atoms. The Bertz CT molecular complexity index is 1410. The monoisotopic (exact) mass is 472 g/mol. The minimum atomic E-state index is -0.480. The third-order valence-electron chi connectivity index (χ3n) is 5.14. The van der Waals surface area contributed by atoms with Gasteiger partial charge in [-0.1, -0.05) is 35.9 Å². The van der Waals surface area contributed by atoms with Crippen LogP contribution in [0.2, 0.25) is 5.02 Å². The van der Waals surface area contributed by atoms with Crippen molar-refractivity contribution in [2.24, 2.45) is 5.92 Å². The predicted octanol–water partition coefficient (Wildman–Crippen LogP) is 3.48. The van der Waals surface area contributed by atoms with Crippen LogP contribution in [0.4, 0.5) is 0 Å². The van der Waals surface area contributed by atoms with Gasteiger partial charge in [-0.15, -0.1) is 0 Å². The van der Waals surface area contributed by atoms with Crippen LogP contribution in [0.15, 0.2) is 54.8 Å². The zero-order valence-corrected chi connectivity index (χ0v) is 19.6. The number of hydrogen-bond donors (Lipinski definition) is 3. The van der Waals surface area contributed by atoms with Crippen LogP contribution < -0.4 is 15.9 Å². The zero-order chi connectivity index (χ0) is 24.5. The summed E-state index contributed by atoms with van der Waals surface area (Å²) in [5, 5.41) is 29.3. The molecule has 0 saturated heterocycles. The Morgan fingerprint density at radius 1 is 1.41 bits per heavy atom. The molecule has 0 aliphatic heterocycles. The van der Waals surface area contributed by atoms with Crippen LogP contribution >= 0.6 is 11.6 Å². The molecule has 1 aromatic carbocycles. The van der Waals surface area contributed by atoms with Crippen LogP contribution in [0, 0.1) is 29.6 Å². The number of carbonyl (C=O) groups is 1. The maximum atomic E-state index is 12.8. The maximum absolute atomic E-state index is 12.8. The summed E-state index contributed by atoms with van der Waals surface area (Å²) in [4.78, 5) is 17.0. The van der Waals surface area contributed by atoms with Crippen molar-refractivity contribution in [3.8, 4) is 6.07 Å². The molecule has 0 saturated carbocycles. The maximum Gasteiger partial charge on any atom is 0.227 e. The Balaban J connectivity index is 1.66. The highest BCUT2D eigenvalue weighted by Crippen LogP contribution is 2.20. The first-order valence-electron chi connectivity index (χ1n) is 10.7. The first-order valence-corrected chi connectivity index (χ1v) is 11.1. The molecule has 2 aromatic heterocycles. The van der Waals surface area contributed by atoms with Gasteiger partial charge in [0.05, 0.1) is 35.1 Å². The third kappa shape index (κ3) is 6.50. The first kappa shape index (κ1) is 24.6. The molecule has 172 valence electrons. The molecule has 3 N–H and O–H groups in total. The van der Waals surface area contributed by atoms with E-state index in [4.69, 9.17) is 22.3 Å². The molecule has 1 amide bonds. The average molecular weight is 473 g/mol. The van der Waals surface area contributed by atoms with E-state index in [1.54, 1.807) is 18.3 Å². The number of benzene rings is 1. The van der Waals surface area contributed by atoms with Gasteiger partial charge in [0.1, 0.15) is 0 Å². The third-order valence-corrected chi connectivity index (χ3v) is 5.37. The molecule has 3 aromatic rings. The van der Waals surface area contributed by atoms with Gasteiger partial charge in [-0.2, -0.15) is 10.4 Å². The Morgan fingerprint density at radius 3 is 3.00 bits per heavy atom. The Morgan fingerprint density at radius 2 is 2.24 bits per heavy atom. The Labute approximate surface area is 202 Å². The van der Waals surface area contributed by atoms with Crippen LogP contribution in [0.3, 0.4) is 0 Å². The number of aromatic nitrogens is 3. The Kier molecular flexibility index (Phi) is 8.49. The molecular weight excluding hydrogens is 448 g/mol. The van der Waals surface area contributed by atoms with E-state index >= 15 is 0 Å². The van der Waals surface area contributed by atoms with Crippen LogP contribution in [-0.4, -0.2) is 27.3 Å². The second-order valence-corrected chi connectivity index (χ2v) is 8.26. The number of fused-ring (bicyclic) bond motifs is 1. The molecular formula is C26H25ClN6O. The number of rotatable bonds is 9. The van der Waals surface area contributed by atoms with Gasteiger partial charge in [-0.05, 0) is 61.9 Å².